The van der Waals surface area contributed by atoms with Gasteiger partial charge in [-0.05, 0) is 18.1 Å². The number of benzene rings is 2. The van der Waals surface area contributed by atoms with E-state index < -0.39 is 0 Å². The summed E-state index contributed by atoms with van der Waals surface area (Å²) in [4.78, 5) is 7.93. The summed E-state index contributed by atoms with van der Waals surface area (Å²) in [6.45, 7) is 2.15. The molecule has 19 heavy (non-hydrogen) atoms. The number of hydrogen-bond donors (Lipinski definition) is 1. The minimum absolute atomic E-state index is 0.655. The van der Waals surface area contributed by atoms with Crippen LogP contribution in [-0.2, 0) is 6.42 Å². The maximum Gasteiger partial charge on any atom is 0.139 e. The molecular formula is C16H14N2S. The fourth-order valence-corrected chi connectivity index (χ4v) is 2.52. The van der Waals surface area contributed by atoms with Crippen LogP contribution in [0.4, 0.5) is 0 Å². The van der Waals surface area contributed by atoms with Gasteiger partial charge in [-0.3, -0.25) is 0 Å². The molecule has 2 aromatic carbocycles. The molecule has 0 aliphatic heterocycles. The van der Waals surface area contributed by atoms with Gasteiger partial charge in [-0.2, -0.15) is 0 Å². The molecule has 0 aliphatic carbocycles. The fourth-order valence-electron chi connectivity index (χ4n) is 2.26. The van der Waals surface area contributed by atoms with E-state index >= 15 is 0 Å². The van der Waals surface area contributed by atoms with Crippen LogP contribution in [0, 0.1) is 4.64 Å². The quantitative estimate of drug-likeness (QED) is 0.691. The molecule has 1 heterocycles. The monoisotopic (exact) mass is 266 g/mol. The summed E-state index contributed by atoms with van der Waals surface area (Å²) < 4.78 is 0.655. The highest BCUT2D eigenvalue weighted by Crippen LogP contribution is 2.22. The Morgan fingerprint density at radius 2 is 1.84 bits per heavy atom. The number of fused-ring (bicyclic) bond motifs is 1. The average molecular weight is 266 g/mol. The standard InChI is InChI=1S/C16H14N2S/c1-2-11-9-6-10-13-14(11)17-15(18-16(13)19)12-7-4-3-5-8-12/h3-10H,2H2,1H3,(H,17,18,19). The SMILES string of the molecule is CCc1cccc2c(=S)nc(-c3ccccc3)[nH]c12. The predicted molar refractivity (Wildman–Crippen MR) is 81.7 cm³/mol. The molecule has 1 aromatic heterocycles. The van der Waals surface area contributed by atoms with Gasteiger partial charge in [0.2, 0.25) is 0 Å². The average Bonchev–Trinajstić information content (AvgIpc) is 2.47. The van der Waals surface area contributed by atoms with Gasteiger partial charge in [0.15, 0.2) is 0 Å². The van der Waals surface area contributed by atoms with Crippen molar-refractivity contribution in [2.45, 2.75) is 13.3 Å². The van der Waals surface area contributed by atoms with E-state index in [4.69, 9.17) is 12.2 Å². The Morgan fingerprint density at radius 1 is 1.05 bits per heavy atom. The number of H-pyrrole nitrogens is 1. The van der Waals surface area contributed by atoms with E-state index in [9.17, 15) is 0 Å². The Kier molecular flexibility index (Phi) is 3.13. The Bertz CT molecular complexity index is 776. The second kappa shape index (κ2) is 4.94. The van der Waals surface area contributed by atoms with E-state index in [1.807, 2.05) is 42.5 Å². The third-order valence-electron chi connectivity index (χ3n) is 3.27. The Labute approximate surface area is 117 Å². The highest BCUT2D eigenvalue weighted by atomic mass is 32.1. The summed E-state index contributed by atoms with van der Waals surface area (Å²) in [5.74, 6) is 0.832. The molecule has 1 N–H and O–H groups in total. The van der Waals surface area contributed by atoms with Gasteiger partial charge in [-0.15, -0.1) is 0 Å². The molecule has 0 aliphatic rings. The number of aryl methyl sites for hydroxylation is 1. The second-order valence-corrected chi connectivity index (χ2v) is 4.84. The molecule has 3 aromatic rings. The van der Waals surface area contributed by atoms with Crippen molar-refractivity contribution < 1.29 is 0 Å². The molecule has 2 nitrogen and oxygen atoms in total. The zero-order valence-corrected chi connectivity index (χ0v) is 11.5. The molecule has 0 unspecified atom stereocenters. The van der Waals surface area contributed by atoms with Crippen LogP contribution in [0.2, 0.25) is 0 Å². The van der Waals surface area contributed by atoms with Gasteiger partial charge in [0.25, 0.3) is 0 Å². The van der Waals surface area contributed by atoms with Crippen LogP contribution >= 0.6 is 12.2 Å². The molecule has 3 rings (SSSR count). The largest absolute Gasteiger partial charge is 0.339 e. The lowest BCUT2D eigenvalue weighted by molar-refractivity contribution is 1.13. The number of nitrogens with one attached hydrogen (secondary N) is 1. The van der Waals surface area contributed by atoms with E-state index in [0.29, 0.717) is 4.64 Å². The van der Waals surface area contributed by atoms with Gasteiger partial charge >= 0.3 is 0 Å². The predicted octanol–water partition coefficient (Wildman–Crippen LogP) is 4.52. The second-order valence-electron chi connectivity index (χ2n) is 4.45. The van der Waals surface area contributed by atoms with Crippen molar-refractivity contribution in [1.82, 2.24) is 9.97 Å². The lowest BCUT2D eigenvalue weighted by atomic mass is 10.1. The number of nitrogens with zero attached hydrogens (tertiary/aromatic N) is 1. The number of para-hydroxylation sites is 1. The third-order valence-corrected chi connectivity index (χ3v) is 3.58. The smallest absolute Gasteiger partial charge is 0.139 e. The topological polar surface area (TPSA) is 28.7 Å². The molecular weight excluding hydrogens is 252 g/mol. The van der Waals surface area contributed by atoms with E-state index in [0.717, 1.165) is 28.7 Å². The fraction of sp³-hybridized carbons (Fsp3) is 0.125. The van der Waals surface area contributed by atoms with Gasteiger partial charge in [0.05, 0.1) is 5.52 Å². The molecule has 3 heteroatoms. The summed E-state index contributed by atoms with van der Waals surface area (Å²) >= 11 is 5.42. The van der Waals surface area contributed by atoms with Crippen LogP contribution in [0.1, 0.15) is 12.5 Å². The van der Waals surface area contributed by atoms with Gasteiger partial charge in [-0.25, -0.2) is 4.98 Å². The maximum atomic E-state index is 5.42. The first-order valence-corrected chi connectivity index (χ1v) is 6.77. The lowest BCUT2D eigenvalue weighted by Crippen LogP contribution is -1.94. The first kappa shape index (κ1) is 12.1. The highest BCUT2D eigenvalue weighted by Gasteiger charge is 2.06. The van der Waals surface area contributed by atoms with E-state index in [1.165, 1.54) is 5.56 Å². The van der Waals surface area contributed by atoms with Gasteiger partial charge in [0.1, 0.15) is 10.5 Å². The summed E-state index contributed by atoms with van der Waals surface area (Å²) in [5, 5.41) is 1.02. The Hall–Kier alpha value is -2.00. The summed E-state index contributed by atoms with van der Waals surface area (Å²) in [7, 11) is 0. The van der Waals surface area contributed by atoms with Crippen molar-refractivity contribution >= 4 is 23.1 Å². The van der Waals surface area contributed by atoms with Crippen molar-refractivity contribution in [2.75, 3.05) is 0 Å². The van der Waals surface area contributed by atoms with E-state index in [1.54, 1.807) is 0 Å². The Morgan fingerprint density at radius 3 is 2.58 bits per heavy atom. The summed E-state index contributed by atoms with van der Waals surface area (Å²) in [6.07, 6.45) is 0.973. The minimum atomic E-state index is 0.655. The number of hydrogen-bond acceptors (Lipinski definition) is 2. The van der Waals surface area contributed by atoms with Crippen molar-refractivity contribution in [2.24, 2.45) is 0 Å². The summed E-state index contributed by atoms with van der Waals surface area (Å²) in [5.41, 5.74) is 3.42. The van der Waals surface area contributed by atoms with Crippen LogP contribution in [0.25, 0.3) is 22.3 Å². The van der Waals surface area contributed by atoms with Gasteiger partial charge < -0.3 is 4.98 Å². The van der Waals surface area contributed by atoms with Crippen LogP contribution in [-0.4, -0.2) is 9.97 Å². The third kappa shape index (κ3) is 2.17. The zero-order valence-electron chi connectivity index (χ0n) is 10.7. The normalized spacial score (nSPS) is 10.8. The first-order valence-electron chi connectivity index (χ1n) is 6.37. The van der Waals surface area contributed by atoms with Crippen molar-refractivity contribution in [3.63, 3.8) is 0 Å². The summed E-state index contributed by atoms with van der Waals surface area (Å²) in [6, 6.07) is 16.3. The zero-order chi connectivity index (χ0) is 13.2. The first-order chi connectivity index (χ1) is 9.29. The van der Waals surface area contributed by atoms with Crippen molar-refractivity contribution in [3.8, 4) is 11.4 Å². The molecule has 0 spiro atoms. The number of aromatic amines is 1. The molecule has 0 radical (unpaired) electrons. The molecule has 0 fully saturated rings. The molecule has 94 valence electrons. The van der Waals surface area contributed by atoms with Gasteiger partial charge in [-0.1, -0.05) is 61.6 Å². The van der Waals surface area contributed by atoms with Crippen molar-refractivity contribution in [1.29, 1.82) is 0 Å². The lowest BCUT2D eigenvalue weighted by Gasteiger charge is -2.08. The molecule has 0 bridgehead atoms. The van der Waals surface area contributed by atoms with Crippen LogP contribution in [0.5, 0.6) is 0 Å². The van der Waals surface area contributed by atoms with Crippen LogP contribution in [0.15, 0.2) is 48.5 Å². The van der Waals surface area contributed by atoms with Crippen LogP contribution < -0.4 is 0 Å². The highest BCUT2D eigenvalue weighted by molar-refractivity contribution is 7.71. The number of aromatic nitrogens is 2. The van der Waals surface area contributed by atoms with Crippen LogP contribution in [0.3, 0.4) is 0 Å². The van der Waals surface area contributed by atoms with E-state index in [-0.39, 0.29) is 0 Å². The maximum absolute atomic E-state index is 5.42. The molecule has 0 atom stereocenters. The molecule has 0 amide bonds. The molecule has 0 saturated heterocycles. The van der Waals surface area contributed by atoms with Crippen molar-refractivity contribution in [3.05, 3.63) is 58.7 Å². The minimum Gasteiger partial charge on any atom is -0.339 e. The molecule has 0 saturated carbocycles. The van der Waals surface area contributed by atoms with E-state index in [2.05, 4.69) is 23.0 Å². The van der Waals surface area contributed by atoms with Gasteiger partial charge in [0, 0.05) is 10.9 Å². The number of rotatable bonds is 2. The Balaban J connectivity index is 2.33.